The molecule has 0 aromatic carbocycles. The van der Waals surface area contributed by atoms with E-state index in [0.717, 1.165) is 16.3 Å². The number of carbonyl (C=O) groups excluding carboxylic acids is 1. The molecule has 2 aromatic heterocycles. The van der Waals surface area contributed by atoms with E-state index in [0.29, 0.717) is 0 Å². The van der Waals surface area contributed by atoms with E-state index in [1.807, 2.05) is 20.0 Å². The minimum atomic E-state index is -2.67. The van der Waals surface area contributed by atoms with Crippen molar-refractivity contribution in [1.82, 2.24) is 24.9 Å². The molecule has 0 radical (unpaired) electrons. The number of aryl methyl sites for hydroxylation is 1. The Morgan fingerprint density at radius 1 is 1.32 bits per heavy atom. The maximum Gasteiger partial charge on any atom is 0.280 e. The first-order chi connectivity index (χ1) is 10.3. The fourth-order valence-corrected chi connectivity index (χ4v) is 2.01. The number of aromatic nitrogens is 4. The Bertz CT molecular complexity index is 662. The van der Waals surface area contributed by atoms with Gasteiger partial charge in [0.1, 0.15) is 5.69 Å². The number of alkyl halides is 2. The standard InChI is InChI=1S/C14H19F2N5O/c1-8(2)21-7-10(6-17-21)9(3)18-14(22)11-5-12(13(15)16)20(4)19-11/h5-9,13H,1-4H3,(H,18,22). The normalized spacial score (nSPS) is 12.9. The maximum atomic E-state index is 12.7. The number of nitrogens with zero attached hydrogens (tertiary/aromatic N) is 4. The Hall–Kier alpha value is -2.25. The first-order valence-electron chi connectivity index (χ1n) is 6.96. The largest absolute Gasteiger partial charge is 0.344 e. The van der Waals surface area contributed by atoms with Gasteiger partial charge in [-0.15, -0.1) is 0 Å². The van der Waals surface area contributed by atoms with E-state index >= 15 is 0 Å². The van der Waals surface area contributed by atoms with Gasteiger partial charge in [-0.25, -0.2) is 8.78 Å². The lowest BCUT2D eigenvalue weighted by atomic mass is 10.2. The van der Waals surface area contributed by atoms with Gasteiger partial charge in [0.25, 0.3) is 12.3 Å². The average Bonchev–Trinajstić information content (AvgIpc) is 3.04. The number of carbonyl (C=O) groups is 1. The molecule has 22 heavy (non-hydrogen) atoms. The van der Waals surface area contributed by atoms with Gasteiger partial charge < -0.3 is 5.32 Å². The fourth-order valence-electron chi connectivity index (χ4n) is 2.01. The van der Waals surface area contributed by atoms with Crippen molar-refractivity contribution >= 4 is 5.91 Å². The smallest absolute Gasteiger partial charge is 0.280 e. The Labute approximate surface area is 127 Å². The summed E-state index contributed by atoms with van der Waals surface area (Å²) >= 11 is 0. The van der Waals surface area contributed by atoms with Crippen molar-refractivity contribution in [1.29, 1.82) is 0 Å². The molecule has 1 atom stereocenters. The SMILES string of the molecule is CC(NC(=O)c1cc(C(F)F)n(C)n1)c1cnn(C(C)C)c1. The Kier molecular flexibility index (Phi) is 4.58. The summed E-state index contributed by atoms with van der Waals surface area (Å²) in [5, 5.41) is 10.8. The van der Waals surface area contributed by atoms with Crippen LogP contribution in [0.2, 0.25) is 0 Å². The van der Waals surface area contributed by atoms with Gasteiger partial charge in [0, 0.05) is 24.8 Å². The number of nitrogens with one attached hydrogen (secondary N) is 1. The molecule has 8 heteroatoms. The van der Waals surface area contributed by atoms with Gasteiger partial charge >= 0.3 is 0 Å². The number of amides is 1. The van der Waals surface area contributed by atoms with Gasteiger partial charge in [-0.2, -0.15) is 10.2 Å². The molecule has 0 aliphatic carbocycles. The second-order valence-corrected chi connectivity index (χ2v) is 5.42. The van der Waals surface area contributed by atoms with Crippen LogP contribution in [0.5, 0.6) is 0 Å². The fraction of sp³-hybridized carbons (Fsp3) is 0.500. The van der Waals surface area contributed by atoms with Crippen LogP contribution in [0.4, 0.5) is 8.78 Å². The summed E-state index contributed by atoms with van der Waals surface area (Å²) in [6.07, 6.45) is 0.854. The highest BCUT2D eigenvalue weighted by Gasteiger charge is 2.20. The minimum absolute atomic E-state index is 0.0269. The second kappa shape index (κ2) is 6.25. The first-order valence-corrected chi connectivity index (χ1v) is 6.96. The van der Waals surface area contributed by atoms with Crippen molar-refractivity contribution < 1.29 is 13.6 Å². The van der Waals surface area contributed by atoms with E-state index < -0.39 is 12.3 Å². The van der Waals surface area contributed by atoms with Gasteiger partial charge in [-0.1, -0.05) is 0 Å². The Balaban J connectivity index is 2.09. The van der Waals surface area contributed by atoms with E-state index in [4.69, 9.17) is 0 Å². The third kappa shape index (κ3) is 3.32. The van der Waals surface area contributed by atoms with Crippen molar-refractivity contribution in [2.24, 2.45) is 7.05 Å². The summed E-state index contributed by atoms with van der Waals surface area (Å²) in [6.45, 7) is 5.80. The predicted molar refractivity (Wildman–Crippen MR) is 76.7 cm³/mol. The van der Waals surface area contributed by atoms with Crippen LogP contribution in [0.3, 0.4) is 0 Å². The number of hydrogen-bond donors (Lipinski definition) is 1. The van der Waals surface area contributed by atoms with Gasteiger partial charge in [-0.3, -0.25) is 14.2 Å². The molecule has 1 N–H and O–H groups in total. The van der Waals surface area contributed by atoms with E-state index in [9.17, 15) is 13.6 Å². The quantitative estimate of drug-likeness (QED) is 0.923. The van der Waals surface area contributed by atoms with Crippen LogP contribution in [0, 0.1) is 0 Å². The number of halogens is 2. The molecule has 0 aliphatic rings. The first kappa shape index (κ1) is 16.1. The summed E-state index contributed by atoms with van der Waals surface area (Å²) in [7, 11) is 1.38. The van der Waals surface area contributed by atoms with Crippen molar-refractivity contribution in [3.8, 4) is 0 Å². The van der Waals surface area contributed by atoms with E-state index in [2.05, 4.69) is 15.5 Å². The van der Waals surface area contributed by atoms with Gasteiger partial charge in [0.2, 0.25) is 0 Å². The summed E-state index contributed by atoms with van der Waals surface area (Å²) in [5.41, 5.74) is 0.526. The zero-order valence-electron chi connectivity index (χ0n) is 12.9. The molecule has 0 aliphatic heterocycles. The molecule has 2 heterocycles. The third-order valence-corrected chi connectivity index (χ3v) is 3.37. The number of hydrogen-bond acceptors (Lipinski definition) is 3. The molecular weight excluding hydrogens is 292 g/mol. The van der Waals surface area contributed by atoms with Crippen LogP contribution >= 0.6 is 0 Å². The highest BCUT2D eigenvalue weighted by atomic mass is 19.3. The third-order valence-electron chi connectivity index (χ3n) is 3.37. The van der Waals surface area contributed by atoms with Crippen LogP contribution in [-0.4, -0.2) is 25.5 Å². The van der Waals surface area contributed by atoms with E-state index in [1.54, 1.807) is 17.8 Å². The van der Waals surface area contributed by atoms with Crippen LogP contribution in [-0.2, 0) is 7.05 Å². The van der Waals surface area contributed by atoms with Crippen molar-refractivity contribution in [2.75, 3.05) is 0 Å². The van der Waals surface area contributed by atoms with Crippen LogP contribution in [0.15, 0.2) is 18.5 Å². The zero-order valence-corrected chi connectivity index (χ0v) is 12.9. The minimum Gasteiger partial charge on any atom is -0.344 e. The van der Waals surface area contributed by atoms with E-state index in [-0.39, 0.29) is 23.5 Å². The molecule has 2 aromatic rings. The van der Waals surface area contributed by atoms with Crippen LogP contribution < -0.4 is 5.32 Å². The summed E-state index contributed by atoms with van der Waals surface area (Å²) in [5.74, 6) is -0.493. The van der Waals surface area contributed by atoms with Crippen molar-refractivity contribution in [2.45, 2.75) is 39.3 Å². The molecular formula is C14H19F2N5O. The average molecular weight is 311 g/mol. The number of rotatable bonds is 5. The molecule has 0 fully saturated rings. The topological polar surface area (TPSA) is 64.7 Å². The summed E-state index contributed by atoms with van der Waals surface area (Å²) < 4.78 is 28.2. The summed E-state index contributed by atoms with van der Waals surface area (Å²) in [4.78, 5) is 12.1. The molecule has 0 saturated heterocycles. The van der Waals surface area contributed by atoms with Crippen molar-refractivity contribution in [3.63, 3.8) is 0 Å². The van der Waals surface area contributed by atoms with E-state index in [1.165, 1.54) is 7.05 Å². The second-order valence-electron chi connectivity index (χ2n) is 5.42. The maximum absolute atomic E-state index is 12.7. The summed E-state index contributed by atoms with van der Waals surface area (Å²) in [6, 6.07) is 1.03. The Morgan fingerprint density at radius 2 is 2.00 bits per heavy atom. The Morgan fingerprint density at radius 3 is 2.50 bits per heavy atom. The lowest BCUT2D eigenvalue weighted by molar-refractivity contribution is 0.0934. The zero-order chi connectivity index (χ0) is 16.4. The molecule has 2 rings (SSSR count). The molecule has 0 bridgehead atoms. The highest BCUT2D eigenvalue weighted by Crippen LogP contribution is 2.19. The van der Waals surface area contributed by atoms with Crippen molar-refractivity contribution in [3.05, 3.63) is 35.4 Å². The van der Waals surface area contributed by atoms with Gasteiger partial charge in [0.15, 0.2) is 5.69 Å². The molecule has 120 valence electrons. The molecule has 1 amide bonds. The molecule has 0 spiro atoms. The molecule has 1 unspecified atom stereocenters. The lowest BCUT2D eigenvalue weighted by Gasteiger charge is -2.11. The van der Waals surface area contributed by atoms with Crippen LogP contribution in [0.1, 0.15) is 61.0 Å². The molecule has 0 saturated carbocycles. The monoisotopic (exact) mass is 311 g/mol. The highest BCUT2D eigenvalue weighted by molar-refractivity contribution is 5.92. The lowest BCUT2D eigenvalue weighted by Crippen LogP contribution is -2.27. The van der Waals surface area contributed by atoms with Gasteiger partial charge in [-0.05, 0) is 26.8 Å². The van der Waals surface area contributed by atoms with Gasteiger partial charge in [0.05, 0.1) is 12.2 Å². The molecule has 6 nitrogen and oxygen atoms in total. The predicted octanol–water partition coefficient (Wildman–Crippen LogP) is 2.63. The van der Waals surface area contributed by atoms with Crippen LogP contribution in [0.25, 0.3) is 0 Å².